The topological polar surface area (TPSA) is 78.7 Å². The number of rotatable bonds is 7. The summed E-state index contributed by atoms with van der Waals surface area (Å²) < 4.78 is 0. The molecular weight excluding hydrogens is 376 g/mol. The van der Waals surface area contributed by atoms with Gasteiger partial charge in [0.1, 0.15) is 0 Å². The van der Waals surface area contributed by atoms with Crippen LogP contribution in [0.3, 0.4) is 0 Å². The second-order valence-electron chi connectivity index (χ2n) is 9.00. The van der Waals surface area contributed by atoms with Crippen molar-refractivity contribution in [1.82, 2.24) is 10.3 Å². The molecule has 1 aromatic rings. The summed E-state index contributed by atoms with van der Waals surface area (Å²) in [7, 11) is 0. The Balaban J connectivity index is 1.48. The molecule has 1 aromatic carbocycles. The molecule has 1 unspecified atom stereocenters. The maximum Gasteiger partial charge on any atom is 0.247 e. The van der Waals surface area contributed by atoms with E-state index in [1.54, 1.807) is 6.08 Å². The van der Waals surface area contributed by atoms with E-state index in [-0.39, 0.29) is 23.3 Å². The summed E-state index contributed by atoms with van der Waals surface area (Å²) in [6.07, 6.45) is 8.99. The standard InChI is InChI=1S/C24H32N4O2/c1-24(2)18-9-6-7-10-20(18)28-16-14-19-17(23(24)28)12-13-22(30)27(19)15-8-4-3-5-11-21(29)26-25/h6-7,9-10,12-13,19H,3-5,8,11,14-16,25H2,1-2H3,(H,26,29). The number of nitrogens with two attached hydrogens (primary N) is 1. The van der Waals surface area contributed by atoms with Gasteiger partial charge in [0.15, 0.2) is 0 Å². The maximum atomic E-state index is 12.7. The Kier molecular flexibility index (Phi) is 5.69. The highest BCUT2D eigenvalue weighted by molar-refractivity contribution is 5.91. The van der Waals surface area contributed by atoms with E-state index in [0.29, 0.717) is 6.42 Å². The molecule has 0 saturated heterocycles. The number of unbranched alkanes of at least 4 members (excludes halogenated alkanes) is 3. The molecule has 1 atom stereocenters. The minimum Gasteiger partial charge on any atom is -0.344 e. The van der Waals surface area contributed by atoms with Gasteiger partial charge in [-0.2, -0.15) is 0 Å². The lowest BCUT2D eigenvalue weighted by molar-refractivity contribution is -0.128. The average molecular weight is 409 g/mol. The first-order valence-electron chi connectivity index (χ1n) is 11.0. The van der Waals surface area contributed by atoms with Crippen molar-refractivity contribution >= 4 is 17.5 Å². The quantitative estimate of drug-likeness (QED) is 0.314. The van der Waals surface area contributed by atoms with Crippen LogP contribution in [0.4, 0.5) is 5.69 Å². The summed E-state index contributed by atoms with van der Waals surface area (Å²) in [6.45, 7) is 6.29. The maximum absolute atomic E-state index is 12.7. The highest BCUT2D eigenvalue weighted by Crippen LogP contribution is 2.51. The predicted octanol–water partition coefficient (Wildman–Crippen LogP) is 3.15. The molecule has 30 heavy (non-hydrogen) atoms. The van der Waals surface area contributed by atoms with Gasteiger partial charge in [-0.3, -0.25) is 15.0 Å². The number of hydrogen-bond acceptors (Lipinski definition) is 4. The van der Waals surface area contributed by atoms with Crippen LogP contribution in [0, 0.1) is 0 Å². The fraction of sp³-hybridized carbons (Fsp3) is 0.500. The highest BCUT2D eigenvalue weighted by Gasteiger charge is 2.46. The SMILES string of the molecule is CC1(C)C2=C3C=CC(=O)N(CCCCCCC(=O)NN)C3CCN2c2ccccc21. The molecule has 0 spiro atoms. The van der Waals surface area contributed by atoms with Crippen molar-refractivity contribution in [2.45, 2.75) is 63.8 Å². The van der Waals surface area contributed by atoms with Gasteiger partial charge in [0, 0.05) is 42.4 Å². The third kappa shape index (κ3) is 3.54. The van der Waals surface area contributed by atoms with Gasteiger partial charge in [-0.15, -0.1) is 0 Å². The van der Waals surface area contributed by atoms with Crippen LogP contribution in [0.2, 0.25) is 0 Å². The van der Waals surface area contributed by atoms with Crippen LogP contribution in [0.1, 0.15) is 57.9 Å². The third-order valence-corrected chi connectivity index (χ3v) is 6.77. The summed E-state index contributed by atoms with van der Waals surface area (Å²) in [5.41, 5.74) is 7.42. The number of fused-ring (bicyclic) bond motifs is 4. The molecule has 0 fully saturated rings. The zero-order valence-electron chi connectivity index (χ0n) is 18.0. The average Bonchev–Trinajstić information content (AvgIpc) is 2.99. The molecule has 160 valence electrons. The second-order valence-corrected chi connectivity index (χ2v) is 9.00. The van der Waals surface area contributed by atoms with Crippen molar-refractivity contribution in [3.05, 3.63) is 53.3 Å². The first-order chi connectivity index (χ1) is 14.4. The molecule has 3 N–H and O–H groups in total. The number of nitrogens with one attached hydrogen (secondary N) is 1. The fourth-order valence-corrected chi connectivity index (χ4v) is 5.32. The van der Waals surface area contributed by atoms with E-state index >= 15 is 0 Å². The van der Waals surface area contributed by atoms with Crippen LogP contribution in [0.15, 0.2) is 47.7 Å². The Hall–Kier alpha value is -2.60. The van der Waals surface area contributed by atoms with Crippen LogP contribution < -0.4 is 16.2 Å². The number of allylic oxidation sites excluding steroid dienone is 1. The van der Waals surface area contributed by atoms with Gasteiger partial charge in [0.25, 0.3) is 0 Å². The molecule has 4 rings (SSSR count). The number of benzene rings is 1. The van der Waals surface area contributed by atoms with Gasteiger partial charge in [-0.25, -0.2) is 5.84 Å². The van der Waals surface area contributed by atoms with Gasteiger partial charge in [-0.1, -0.05) is 44.9 Å². The fourth-order valence-electron chi connectivity index (χ4n) is 5.32. The van der Waals surface area contributed by atoms with Gasteiger partial charge in [-0.05, 0) is 42.5 Å². The van der Waals surface area contributed by atoms with Crippen molar-refractivity contribution in [3.63, 3.8) is 0 Å². The minimum atomic E-state index is -0.116. The summed E-state index contributed by atoms with van der Waals surface area (Å²) in [5.74, 6) is 5.12. The summed E-state index contributed by atoms with van der Waals surface area (Å²) in [6, 6.07) is 8.83. The third-order valence-electron chi connectivity index (χ3n) is 6.77. The van der Waals surface area contributed by atoms with E-state index in [9.17, 15) is 9.59 Å². The molecule has 6 nitrogen and oxygen atoms in total. The van der Waals surface area contributed by atoms with Crippen LogP contribution >= 0.6 is 0 Å². The number of amides is 2. The molecule has 0 aromatic heterocycles. The molecule has 2 amide bonds. The first-order valence-corrected chi connectivity index (χ1v) is 11.0. The Morgan fingerprint density at radius 2 is 1.93 bits per heavy atom. The van der Waals surface area contributed by atoms with E-state index in [2.05, 4.69) is 59.4 Å². The molecule has 0 bridgehead atoms. The van der Waals surface area contributed by atoms with Gasteiger partial charge in [0.2, 0.25) is 11.8 Å². The monoisotopic (exact) mass is 408 g/mol. The van der Waals surface area contributed by atoms with E-state index in [1.807, 2.05) is 0 Å². The predicted molar refractivity (Wildman–Crippen MR) is 119 cm³/mol. The molecule has 3 heterocycles. The Bertz CT molecular complexity index is 902. The van der Waals surface area contributed by atoms with E-state index < -0.39 is 0 Å². The van der Waals surface area contributed by atoms with Crippen LogP contribution in [0.5, 0.6) is 0 Å². The normalized spacial score (nSPS) is 21.4. The molecule has 3 aliphatic heterocycles. The highest BCUT2D eigenvalue weighted by atomic mass is 16.2. The number of carbonyl (C=O) groups is 2. The van der Waals surface area contributed by atoms with Crippen LogP contribution in [-0.2, 0) is 15.0 Å². The number of para-hydroxylation sites is 1. The Morgan fingerprint density at radius 1 is 1.17 bits per heavy atom. The number of hydrazine groups is 1. The van der Waals surface area contributed by atoms with Crippen LogP contribution in [-0.4, -0.2) is 35.8 Å². The van der Waals surface area contributed by atoms with Crippen molar-refractivity contribution in [2.75, 3.05) is 18.0 Å². The number of hydrogen-bond donors (Lipinski definition) is 2. The largest absolute Gasteiger partial charge is 0.344 e. The number of anilines is 1. The molecular formula is C24H32N4O2. The van der Waals surface area contributed by atoms with Gasteiger partial charge < -0.3 is 9.80 Å². The lowest BCUT2D eigenvalue weighted by Gasteiger charge is -2.43. The van der Waals surface area contributed by atoms with E-state index in [4.69, 9.17) is 5.84 Å². The Morgan fingerprint density at radius 3 is 2.73 bits per heavy atom. The Labute approximate surface area is 178 Å². The number of carbonyl (C=O) groups excluding carboxylic acids is 2. The molecule has 6 heteroatoms. The van der Waals surface area contributed by atoms with E-state index in [1.165, 1.54) is 22.5 Å². The molecule has 0 radical (unpaired) electrons. The zero-order chi connectivity index (χ0) is 21.3. The van der Waals surface area contributed by atoms with E-state index in [0.717, 1.165) is 45.2 Å². The summed E-state index contributed by atoms with van der Waals surface area (Å²) >= 11 is 0. The summed E-state index contributed by atoms with van der Waals surface area (Å²) in [5, 5.41) is 0. The van der Waals surface area contributed by atoms with Crippen molar-refractivity contribution < 1.29 is 9.59 Å². The first kappa shape index (κ1) is 20.7. The van der Waals surface area contributed by atoms with Crippen molar-refractivity contribution in [1.29, 1.82) is 0 Å². The molecule has 0 saturated carbocycles. The lowest BCUT2D eigenvalue weighted by atomic mass is 9.78. The van der Waals surface area contributed by atoms with Crippen molar-refractivity contribution in [2.24, 2.45) is 5.84 Å². The summed E-state index contributed by atoms with van der Waals surface area (Å²) in [4.78, 5) is 28.4. The zero-order valence-corrected chi connectivity index (χ0v) is 18.0. The minimum absolute atomic E-state index is 0.0649. The number of nitrogens with zero attached hydrogens (tertiary/aromatic N) is 2. The van der Waals surface area contributed by atoms with Crippen LogP contribution in [0.25, 0.3) is 0 Å². The van der Waals surface area contributed by atoms with Crippen molar-refractivity contribution in [3.8, 4) is 0 Å². The van der Waals surface area contributed by atoms with Gasteiger partial charge >= 0.3 is 0 Å². The van der Waals surface area contributed by atoms with Gasteiger partial charge in [0.05, 0.1) is 6.04 Å². The lowest BCUT2D eigenvalue weighted by Crippen LogP contribution is -2.49. The molecule has 0 aliphatic carbocycles. The second kappa shape index (κ2) is 8.26. The smallest absolute Gasteiger partial charge is 0.247 e. The molecule has 3 aliphatic rings.